The number of amides is 2. The maximum atomic E-state index is 13.7. The topological polar surface area (TPSA) is 67.2 Å². The van der Waals surface area contributed by atoms with Crippen molar-refractivity contribution in [1.29, 1.82) is 0 Å². The van der Waals surface area contributed by atoms with Gasteiger partial charge in [0, 0.05) is 12.6 Å². The van der Waals surface area contributed by atoms with Gasteiger partial charge in [0.05, 0.1) is 22.6 Å². The number of fused-ring (bicyclic) bond motifs is 1. The van der Waals surface area contributed by atoms with Gasteiger partial charge in [-0.1, -0.05) is 49.1 Å². The predicted octanol–water partition coefficient (Wildman–Crippen LogP) is 5.43. The van der Waals surface area contributed by atoms with Crippen molar-refractivity contribution in [3.05, 3.63) is 69.8 Å². The van der Waals surface area contributed by atoms with E-state index in [-0.39, 0.29) is 23.7 Å². The number of benzene rings is 2. The van der Waals surface area contributed by atoms with Crippen LogP contribution in [0.5, 0.6) is 0 Å². The minimum absolute atomic E-state index is 0.0912. The molecule has 0 spiro atoms. The highest BCUT2D eigenvalue weighted by atomic mass is 16.2. The summed E-state index contributed by atoms with van der Waals surface area (Å²) in [6, 6.07) is 13.2. The number of hydrogen-bond donors (Lipinski definition) is 1. The van der Waals surface area contributed by atoms with E-state index < -0.39 is 0 Å². The first kappa shape index (κ1) is 23.0. The molecule has 0 saturated heterocycles. The lowest BCUT2D eigenvalue weighted by molar-refractivity contribution is 0.172. The van der Waals surface area contributed by atoms with Gasteiger partial charge in [0.25, 0.3) is 5.56 Å². The molecule has 1 aromatic heterocycles. The number of hydrogen-bond acceptors (Lipinski definition) is 3. The van der Waals surface area contributed by atoms with Gasteiger partial charge in [0.15, 0.2) is 0 Å². The van der Waals surface area contributed by atoms with E-state index in [9.17, 15) is 9.59 Å². The third-order valence-corrected chi connectivity index (χ3v) is 6.77. The van der Waals surface area contributed by atoms with E-state index in [1.54, 1.807) is 9.47 Å². The lowest BCUT2D eigenvalue weighted by Crippen LogP contribution is -2.47. The normalized spacial score (nSPS) is 15.4. The number of para-hydroxylation sites is 1. The quantitative estimate of drug-likeness (QED) is 0.568. The van der Waals surface area contributed by atoms with E-state index in [0.717, 1.165) is 42.5 Å². The number of aryl methyl sites for hydroxylation is 2. The summed E-state index contributed by atoms with van der Waals surface area (Å²) in [5.74, 6) is 0.575. The Morgan fingerprint density at radius 2 is 1.88 bits per heavy atom. The minimum Gasteiger partial charge on any atom is -0.335 e. The van der Waals surface area contributed by atoms with Gasteiger partial charge >= 0.3 is 6.03 Å². The molecule has 6 nitrogen and oxygen atoms in total. The second-order valence-corrected chi connectivity index (χ2v) is 9.16. The fourth-order valence-electron chi connectivity index (χ4n) is 4.96. The van der Waals surface area contributed by atoms with Gasteiger partial charge in [-0.25, -0.2) is 9.78 Å². The Bertz CT molecular complexity index is 1210. The van der Waals surface area contributed by atoms with Crippen LogP contribution in [0.4, 0.5) is 4.79 Å². The Hall–Kier alpha value is -3.15. The van der Waals surface area contributed by atoms with Gasteiger partial charge in [0.2, 0.25) is 0 Å². The van der Waals surface area contributed by atoms with E-state index in [1.807, 2.05) is 64.1 Å². The fraction of sp³-hybridized carbons (Fsp3) is 0.444. The highest BCUT2D eigenvalue weighted by Crippen LogP contribution is 2.25. The molecule has 1 aliphatic rings. The Kier molecular flexibility index (Phi) is 6.82. The van der Waals surface area contributed by atoms with Crippen LogP contribution < -0.4 is 10.9 Å². The minimum atomic E-state index is -0.378. The molecule has 1 N–H and O–H groups in total. The molecule has 2 aromatic carbocycles. The van der Waals surface area contributed by atoms with Crippen LogP contribution in [0.15, 0.2) is 47.3 Å². The van der Waals surface area contributed by atoms with E-state index >= 15 is 0 Å². The van der Waals surface area contributed by atoms with Crippen LogP contribution in [0.25, 0.3) is 16.6 Å². The molecular weight excluding hydrogens is 412 g/mol. The summed E-state index contributed by atoms with van der Waals surface area (Å²) in [6.45, 7) is 8.50. The molecule has 4 rings (SSSR count). The molecule has 1 aliphatic carbocycles. The monoisotopic (exact) mass is 446 g/mol. The summed E-state index contributed by atoms with van der Waals surface area (Å²) in [5, 5.41) is 3.79. The van der Waals surface area contributed by atoms with Crippen LogP contribution in [0.3, 0.4) is 0 Å². The molecule has 33 heavy (non-hydrogen) atoms. The molecule has 0 aliphatic heterocycles. The standard InChI is InChI=1S/C27H34N4O2/c1-5-30(27(33)28-21-11-7-6-8-12-21)20(4)25-29-23-14-10-9-13-22(23)26(32)31(25)24-16-15-18(2)17-19(24)3/h9-10,13-17,20-21H,5-8,11-12H2,1-4H3,(H,28,33). The SMILES string of the molecule is CCN(C(=O)NC1CCCCC1)C(C)c1nc2ccccc2c(=O)n1-c1ccc(C)cc1C. The van der Waals surface area contributed by atoms with Gasteiger partial charge in [-0.3, -0.25) is 9.36 Å². The van der Waals surface area contributed by atoms with Crippen molar-refractivity contribution >= 4 is 16.9 Å². The Balaban J connectivity index is 1.80. The number of nitrogens with zero attached hydrogens (tertiary/aromatic N) is 3. The lowest BCUT2D eigenvalue weighted by Gasteiger charge is -2.32. The van der Waals surface area contributed by atoms with Crippen LogP contribution in [0.2, 0.25) is 0 Å². The van der Waals surface area contributed by atoms with Gasteiger partial charge in [-0.15, -0.1) is 0 Å². The van der Waals surface area contributed by atoms with Gasteiger partial charge in [0.1, 0.15) is 5.82 Å². The molecule has 1 fully saturated rings. The third-order valence-electron chi connectivity index (χ3n) is 6.77. The first-order chi connectivity index (χ1) is 15.9. The molecule has 174 valence electrons. The number of nitrogens with one attached hydrogen (secondary N) is 1. The molecule has 0 bridgehead atoms. The second-order valence-electron chi connectivity index (χ2n) is 9.16. The van der Waals surface area contributed by atoms with Gasteiger partial charge in [-0.2, -0.15) is 0 Å². The van der Waals surface area contributed by atoms with Gasteiger partial charge in [-0.05, 0) is 64.3 Å². The summed E-state index contributed by atoms with van der Waals surface area (Å²) in [6.07, 6.45) is 5.61. The highest BCUT2D eigenvalue weighted by Gasteiger charge is 2.28. The van der Waals surface area contributed by atoms with E-state index in [4.69, 9.17) is 4.98 Å². The summed E-state index contributed by atoms with van der Waals surface area (Å²) in [5.41, 5.74) is 3.47. The maximum absolute atomic E-state index is 13.7. The number of carbonyl (C=O) groups excluding carboxylic acids is 1. The summed E-state index contributed by atoms with van der Waals surface area (Å²) >= 11 is 0. The largest absolute Gasteiger partial charge is 0.335 e. The average molecular weight is 447 g/mol. The molecule has 1 unspecified atom stereocenters. The Morgan fingerprint density at radius 3 is 2.58 bits per heavy atom. The first-order valence-electron chi connectivity index (χ1n) is 12.1. The second kappa shape index (κ2) is 9.77. The summed E-state index contributed by atoms with van der Waals surface area (Å²) in [7, 11) is 0. The van der Waals surface area contributed by atoms with Crippen molar-refractivity contribution in [2.24, 2.45) is 0 Å². The number of carbonyl (C=O) groups is 1. The van der Waals surface area contributed by atoms with Crippen LogP contribution in [-0.2, 0) is 0 Å². The zero-order chi connectivity index (χ0) is 23.5. The molecule has 1 atom stereocenters. The lowest BCUT2D eigenvalue weighted by atomic mass is 9.96. The Labute approximate surface area is 195 Å². The van der Waals surface area contributed by atoms with E-state index in [1.165, 1.54) is 6.42 Å². The van der Waals surface area contributed by atoms with E-state index in [2.05, 4.69) is 11.4 Å². The molecular formula is C27H34N4O2. The summed E-state index contributed by atoms with van der Waals surface area (Å²) in [4.78, 5) is 33.7. The number of aromatic nitrogens is 2. The van der Waals surface area contributed by atoms with Crippen LogP contribution >= 0.6 is 0 Å². The third kappa shape index (κ3) is 4.65. The molecule has 0 radical (unpaired) electrons. The molecule has 1 heterocycles. The fourth-order valence-corrected chi connectivity index (χ4v) is 4.96. The van der Waals surface area contributed by atoms with Crippen molar-refractivity contribution < 1.29 is 4.79 Å². The van der Waals surface area contributed by atoms with Crippen LogP contribution in [-0.4, -0.2) is 33.1 Å². The number of urea groups is 1. The molecule has 2 amide bonds. The van der Waals surface area contributed by atoms with Crippen molar-refractivity contribution in [2.45, 2.75) is 71.9 Å². The van der Waals surface area contributed by atoms with Crippen molar-refractivity contribution in [2.75, 3.05) is 6.54 Å². The van der Waals surface area contributed by atoms with Crippen LogP contribution in [0.1, 0.15) is 68.9 Å². The first-order valence-corrected chi connectivity index (χ1v) is 12.1. The zero-order valence-corrected chi connectivity index (χ0v) is 20.1. The maximum Gasteiger partial charge on any atom is 0.318 e. The average Bonchev–Trinajstić information content (AvgIpc) is 2.81. The van der Waals surface area contributed by atoms with Gasteiger partial charge < -0.3 is 10.2 Å². The zero-order valence-electron chi connectivity index (χ0n) is 20.1. The van der Waals surface area contributed by atoms with E-state index in [0.29, 0.717) is 23.3 Å². The smallest absolute Gasteiger partial charge is 0.318 e. The predicted molar refractivity (Wildman–Crippen MR) is 133 cm³/mol. The van der Waals surface area contributed by atoms with Crippen molar-refractivity contribution in [3.63, 3.8) is 0 Å². The van der Waals surface area contributed by atoms with Crippen LogP contribution in [0, 0.1) is 13.8 Å². The Morgan fingerprint density at radius 1 is 1.15 bits per heavy atom. The molecule has 6 heteroatoms. The summed E-state index contributed by atoms with van der Waals surface area (Å²) < 4.78 is 1.69. The highest BCUT2D eigenvalue weighted by molar-refractivity contribution is 5.78. The number of rotatable bonds is 5. The molecule has 3 aromatic rings. The molecule has 1 saturated carbocycles. The van der Waals surface area contributed by atoms with Crippen molar-refractivity contribution in [3.8, 4) is 5.69 Å². The van der Waals surface area contributed by atoms with Crippen molar-refractivity contribution in [1.82, 2.24) is 19.8 Å².